The first-order valence-electron chi connectivity index (χ1n) is 11.0. The van der Waals surface area contributed by atoms with E-state index in [0.29, 0.717) is 45.1 Å². The van der Waals surface area contributed by atoms with Crippen LogP contribution in [-0.2, 0) is 19.3 Å². The largest absolute Gasteiger partial charge is 0.484 e. The zero-order valence-corrected chi connectivity index (χ0v) is 20.6. The van der Waals surface area contributed by atoms with Crippen molar-refractivity contribution in [2.75, 3.05) is 0 Å². The van der Waals surface area contributed by atoms with E-state index >= 15 is 0 Å². The van der Waals surface area contributed by atoms with Crippen molar-refractivity contribution in [1.82, 2.24) is 19.5 Å². The van der Waals surface area contributed by atoms with Crippen LogP contribution in [0.15, 0.2) is 79.4 Å². The van der Waals surface area contributed by atoms with Crippen LogP contribution in [0, 0.1) is 6.92 Å². The van der Waals surface area contributed by atoms with Crippen molar-refractivity contribution in [1.29, 1.82) is 0 Å². The SMILES string of the molecule is Cc1ccc(C(O)(c2ccc3nc(Cl)c(OCc4ccccc4)c(Cl)c3c2)c2cncn2C)cn1. The number of benzene rings is 2. The van der Waals surface area contributed by atoms with Crippen molar-refractivity contribution in [3.63, 3.8) is 0 Å². The van der Waals surface area contributed by atoms with Crippen molar-refractivity contribution >= 4 is 34.1 Å². The van der Waals surface area contributed by atoms with Gasteiger partial charge in [-0.2, -0.15) is 0 Å². The van der Waals surface area contributed by atoms with Crippen LogP contribution in [0.3, 0.4) is 0 Å². The van der Waals surface area contributed by atoms with Gasteiger partial charge in [-0.05, 0) is 36.2 Å². The maximum Gasteiger partial charge on any atom is 0.176 e. The van der Waals surface area contributed by atoms with Crippen LogP contribution in [-0.4, -0.2) is 24.6 Å². The summed E-state index contributed by atoms with van der Waals surface area (Å²) in [5, 5.41) is 13.3. The molecule has 1 N–H and O–H groups in total. The van der Waals surface area contributed by atoms with Crippen LogP contribution in [0.2, 0.25) is 10.2 Å². The van der Waals surface area contributed by atoms with Gasteiger partial charge in [0.15, 0.2) is 16.5 Å². The first-order valence-corrected chi connectivity index (χ1v) is 11.7. The highest BCUT2D eigenvalue weighted by molar-refractivity contribution is 6.40. The van der Waals surface area contributed by atoms with Gasteiger partial charge in [-0.15, -0.1) is 0 Å². The summed E-state index contributed by atoms with van der Waals surface area (Å²) in [6.07, 6.45) is 4.95. The number of fused-ring (bicyclic) bond motifs is 1. The van der Waals surface area contributed by atoms with E-state index in [9.17, 15) is 5.11 Å². The molecule has 0 aliphatic carbocycles. The Labute approximate surface area is 212 Å². The number of aromatic nitrogens is 4. The van der Waals surface area contributed by atoms with E-state index in [1.165, 1.54) is 0 Å². The fourth-order valence-corrected chi connectivity index (χ4v) is 4.69. The summed E-state index contributed by atoms with van der Waals surface area (Å²) >= 11 is 13.2. The summed E-state index contributed by atoms with van der Waals surface area (Å²) in [5.41, 5.74) is 2.65. The molecule has 1 unspecified atom stereocenters. The number of hydrogen-bond acceptors (Lipinski definition) is 5. The molecule has 35 heavy (non-hydrogen) atoms. The molecule has 8 heteroatoms. The van der Waals surface area contributed by atoms with E-state index in [1.807, 2.05) is 62.5 Å². The van der Waals surface area contributed by atoms with Crippen LogP contribution in [0.5, 0.6) is 5.75 Å². The number of pyridine rings is 2. The molecule has 5 aromatic rings. The van der Waals surface area contributed by atoms with Gasteiger partial charge in [0.25, 0.3) is 0 Å². The lowest BCUT2D eigenvalue weighted by Crippen LogP contribution is -2.31. The van der Waals surface area contributed by atoms with Crippen LogP contribution in [0.4, 0.5) is 0 Å². The molecular weight excluding hydrogens is 483 g/mol. The van der Waals surface area contributed by atoms with E-state index in [4.69, 9.17) is 27.9 Å². The van der Waals surface area contributed by atoms with Crippen molar-refractivity contribution in [2.45, 2.75) is 19.1 Å². The lowest BCUT2D eigenvalue weighted by molar-refractivity contribution is 0.117. The van der Waals surface area contributed by atoms with Crippen LogP contribution >= 0.6 is 23.2 Å². The van der Waals surface area contributed by atoms with Gasteiger partial charge < -0.3 is 14.4 Å². The van der Waals surface area contributed by atoms with Crippen molar-refractivity contribution in [2.24, 2.45) is 7.05 Å². The topological polar surface area (TPSA) is 73.1 Å². The Balaban J connectivity index is 1.64. The molecule has 0 spiro atoms. The Morgan fingerprint density at radius 2 is 1.77 bits per heavy atom. The molecule has 5 rings (SSSR count). The van der Waals surface area contributed by atoms with Crippen LogP contribution < -0.4 is 4.74 Å². The second-order valence-electron chi connectivity index (χ2n) is 8.34. The summed E-state index contributed by atoms with van der Waals surface area (Å²) in [6.45, 7) is 2.19. The van der Waals surface area contributed by atoms with Crippen molar-refractivity contribution in [3.8, 4) is 5.75 Å². The van der Waals surface area contributed by atoms with Crippen molar-refractivity contribution in [3.05, 3.63) is 118 Å². The summed E-state index contributed by atoms with van der Waals surface area (Å²) in [7, 11) is 1.83. The molecule has 6 nitrogen and oxygen atoms in total. The molecule has 176 valence electrons. The average molecular weight is 505 g/mol. The first-order chi connectivity index (χ1) is 16.9. The smallest absolute Gasteiger partial charge is 0.176 e. The zero-order valence-electron chi connectivity index (χ0n) is 19.1. The second kappa shape index (κ2) is 9.30. The number of rotatable bonds is 6. The van der Waals surface area contributed by atoms with Gasteiger partial charge in [-0.3, -0.25) is 4.98 Å². The summed E-state index contributed by atoms with van der Waals surface area (Å²) in [5.74, 6) is 0.294. The Kier molecular flexibility index (Phi) is 6.19. The number of aryl methyl sites for hydroxylation is 2. The molecule has 0 saturated heterocycles. The molecular formula is C27H22Cl2N4O2. The predicted molar refractivity (Wildman–Crippen MR) is 137 cm³/mol. The molecule has 0 aliphatic rings. The number of halogens is 2. The maximum atomic E-state index is 12.2. The van der Waals surface area contributed by atoms with Gasteiger partial charge in [0.05, 0.1) is 28.8 Å². The quantitative estimate of drug-likeness (QED) is 0.294. The van der Waals surface area contributed by atoms with Gasteiger partial charge in [0.2, 0.25) is 0 Å². The van der Waals surface area contributed by atoms with E-state index in [1.54, 1.807) is 35.4 Å². The minimum absolute atomic E-state index is 0.177. The zero-order chi connectivity index (χ0) is 24.6. The number of imidazole rings is 1. The Bertz CT molecular complexity index is 1500. The fraction of sp³-hybridized carbons (Fsp3) is 0.148. The lowest BCUT2D eigenvalue weighted by atomic mass is 9.83. The molecule has 0 aliphatic heterocycles. The summed E-state index contributed by atoms with van der Waals surface area (Å²) in [4.78, 5) is 13.1. The average Bonchev–Trinajstić information content (AvgIpc) is 3.30. The van der Waals surface area contributed by atoms with Crippen LogP contribution in [0.1, 0.15) is 28.1 Å². The number of aliphatic hydroxyl groups is 1. The third kappa shape index (κ3) is 4.25. The van der Waals surface area contributed by atoms with E-state index in [2.05, 4.69) is 15.0 Å². The Hall–Kier alpha value is -3.45. The fourth-order valence-electron chi connectivity index (χ4n) is 4.11. The standard InChI is InChI=1S/C27H22Cl2N4O2/c1-17-8-9-20(13-31-17)27(34,23-14-30-16-33(23)2)19-10-11-22-21(12-19)24(28)25(26(29)32-22)35-15-18-6-4-3-5-7-18/h3-14,16,34H,15H2,1-2H3. The molecule has 3 aromatic heterocycles. The number of hydrogen-bond donors (Lipinski definition) is 1. The Morgan fingerprint density at radius 1 is 1.00 bits per heavy atom. The number of nitrogens with zero attached hydrogens (tertiary/aromatic N) is 4. The maximum absolute atomic E-state index is 12.2. The van der Waals surface area contributed by atoms with Gasteiger partial charge >= 0.3 is 0 Å². The lowest BCUT2D eigenvalue weighted by Gasteiger charge is -2.30. The molecule has 0 amide bonds. The summed E-state index contributed by atoms with van der Waals surface area (Å²) < 4.78 is 7.74. The second-order valence-corrected chi connectivity index (χ2v) is 9.08. The van der Waals surface area contributed by atoms with E-state index in [-0.39, 0.29) is 5.15 Å². The molecule has 3 heterocycles. The molecule has 0 bridgehead atoms. The third-order valence-corrected chi connectivity index (χ3v) is 6.63. The number of ether oxygens (including phenoxy) is 1. The molecule has 0 fully saturated rings. The molecule has 1 atom stereocenters. The van der Waals surface area contributed by atoms with Gasteiger partial charge in [0.1, 0.15) is 6.61 Å². The van der Waals surface area contributed by atoms with Gasteiger partial charge in [0, 0.05) is 29.9 Å². The highest BCUT2D eigenvalue weighted by atomic mass is 35.5. The molecule has 0 saturated carbocycles. The predicted octanol–water partition coefficient (Wildman–Crippen LogP) is 5.84. The monoisotopic (exact) mass is 504 g/mol. The normalized spacial score (nSPS) is 13.1. The minimum Gasteiger partial charge on any atom is -0.484 e. The van der Waals surface area contributed by atoms with Gasteiger partial charge in [-0.1, -0.05) is 65.7 Å². The van der Waals surface area contributed by atoms with Crippen molar-refractivity contribution < 1.29 is 9.84 Å². The highest BCUT2D eigenvalue weighted by Crippen LogP contribution is 2.42. The van der Waals surface area contributed by atoms with Crippen LogP contribution in [0.25, 0.3) is 10.9 Å². The van der Waals surface area contributed by atoms with E-state index in [0.717, 1.165) is 11.3 Å². The van der Waals surface area contributed by atoms with Gasteiger partial charge in [-0.25, -0.2) is 9.97 Å². The highest BCUT2D eigenvalue weighted by Gasteiger charge is 2.37. The Morgan fingerprint density at radius 3 is 2.46 bits per heavy atom. The minimum atomic E-state index is -1.53. The van der Waals surface area contributed by atoms with E-state index < -0.39 is 5.60 Å². The summed E-state index contributed by atoms with van der Waals surface area (Å²) in [6, 6.07) is 18.8. The molecule has 2 aromatic carbocycles. The third-order valence-electron chi connectivity index (χ3n) is 6.00. The molecule has 0 radical (unpaired) electrons. The first kappa shape index (κ1) is 23.3.